The van der Waals surface area contributed by atoms with Crippen molar-refractivity contribution in [3.8, 4) is 0 Å². The molecule has 5 heteroatoms. The maximum absolute atomic E-state index is 13.5. The molecule has 1 aromatic heterocycles. The van der Waals surface area contributed by atoms with E-state index in [1.165, 1.54) is 6.07 Å². The number of H-pyrrole nitrogens is 1. The van der Waals surface area contributed by atoms with E-state index >= 15 is 0 Å². The zero-order valence-electron chi connectivity index (χ0n) is 11.4. The number of hydrogen-bond donors (Lipinski definition) is 2. The van der Waals surface area contributed by atoms with E-state index in [-0.39, 0.29) is 11.0 Å². The SMILES string of the molecule is CCC1(c2nc3c(C(=O)O)cc(F)cc3[nH]2)CCCC1. The van der Waals surface area contributed by atoms with Crippen LogP contribution in [-0.2, 0) is 5.41 Å². The quantitative estimate of drug-likeness (QED) is 0.899. The number of rotatable bonds is 3. The molecule has 1 aromatic carbocycles. The van der Waals surface area contributed by atoms with Crippen molar-refractivity contribution in [2.75, 3.05) is 0 Å². The fourth-order valence-electron chi connectivity index (χ4n) is 3.31. The maximum Gasteiger partial charge on any atom is 0.338 e. The van der Waals surface area contributed by atoms with Crippen molar-refractivity contribution in [2.45, 2.75) is 44.4 Å². The molecule has 1 aliphatic rings. The molecule has 3 rings (SSSR count). The summed E-state index contributed by atoms with van der Waals surface area (Å²) in [6.45, 7) is 2.12. The Morgan fingerprint density at radius 1 is 1.45 bits per heavy atom. The Hall–Kier alpha value is -1.91. The lowest BCUT2D eigenvalue weighted by molar-refractivity contribution is 0.0698. The second-order valence-corrected chi connectivity index (χ2v) is 5.58. The first-order valence-electron chi connectivity index (χ1n) is 6.99. The van der Waals surface area contributed by atoms with Crippen molar-refractivity contribution in [3.63, 3.8) is 0 Å². The van der Waals surface area contributed by atoms with Gasteiger partial charge in [0.25, 0.3) is 0 Å². The Bertz CT molecular complexity index is 672. The molecule has 106 valence electrons. The zero-order valence-corrected chi connectivity index (χ0v) is 11.4. The van der Waals surface area contributed by atoms with E-state index < -0.39 is 11.8 Å². The lowest BCUT2D eigenvalue weighted by Crippen LogP contribution is -2.22. The summed E-state index contributed by atoms with van der Waals surface area (Å²) in [5.74, 6) is -0.896. The van der Waals surface area contributed by atoms with Crippen LogP contribution in [0.5, 0.6) is 0 Å². The topological polar surface area (TPSA) is 66.0 Å². The van der Waals surface area contributed by atoms with Gasteiger partial charge in [-0.25, -0.2) is 14.2 Å². The highest BCUT2D eigenvalue weighted by atomic mass is 19.1. The number of carboxylic acids is 1. The minimum Gasteiger partial charge on any atom is -0.478 e. The molecule has 0 atom stereocenters. The molecule has 1 aliphatic carbocycles. The van der Waals surface area contributed by atoms with E-state index in [9.17, 15) is 14.3 Å². The Labute approximate surface area is 116 Å². The summed E-state index contributed by atoms with van der Waals surface area (Å²) in [5, 5.41) is 9.18. The van der Waals surface area contributed by atoms with Gasteiger partial charge in [0.2, 0.25) is 0 Å². The fraction of sp³-hybridized carbons (Fsp3) is 0.467. The largest absolute Gasteiger partial charge is 0.478 e. The number of benzene rings is 1. The monoisotopic (exact) mass is 276 g/mol. The Morgan fingerprint density at radius 3 is 2.75 bits per heavy atom. The Morgan fingerprint density at radius 2 is 2.15 bits per heavy atom. The van der Waals surface area contributed by atoms with Gasteiger partial charge in [0, 0.05) is 5.41 Å². The van der Waals surface area contributed by atoms with Gasteiger partial charge >= 0.3 is 5.97 Å². The molecule has 20 heavy (non-hydrogen) atoms. The summed E-state index contributed by atoms with van der Waals surface area (Å²) in [7, 11) is 0. The average Bonchev–Trinajstić information content (AvgIpc) is 3.04. The van der Waals surface area contributed by atoms with Gasteiger partial charge in [0.1, 0.15) is 17.2 Å². The normalized spacial score (nSPS) is 17.7. The van der Waals surface area contributed by atoms with Crippen LogP contribution in [0.3, 0.4) is 0 Å². The number of nitrogens with zero attached hydrogens (tertiary/aromatic N) is 1. The van der Waals surface area contributed by atoms with E-state index in [0.29, 0.717) is 11.0 Å². The molecule has 2 N–H and O–H groups in total. The number of carboxylic acid groups (broad SMARTS) is 1. The summed E-state index contributed by atoms with van der Waals surface area (Å²) in [6.07, 6.45) is 5.37. The molecule has 0 amide bonds. The molecule has 0 unspecified atom stereocenters. The highest BCUT2D eigenvalue weighted by molar-refractivity contribution is 6.01. The lowest BCUT2D eigenvalue weighted by Gasteiger charge is -2.24. The molecule has 0 aliphatic heterocycles. The molecule has 0 bridgehead atoms. The first-order valence-corrected chi connectivity index (χ1v) is 6.99. The van der Waals surface area contributed by atoms with Crippen molar-refractivity contribution >= 4 is 17.0 Å². The summed E-state index contributed by atoms with van der Waals surface area (Å²) in [6, 6.07) is 2.35. The number of aromatic carboxylic acids is 1. The summed E-state index contributed by atoms with van der Waals surface area (Å²) >= 11 is 0. The minimum atomic E-state index is -1.15. The van der Waals surface area contributed by atoms with Gasteiger partial charge < -0.3 is 10.1 Å². The summed E-state index contributed by atoms with van der Waals surface area (Å²) < 4.78 is 13.5. The van der Waals surface area contributed by atoms with Crippen molar-refractivity contribution in [1.29, 1.82) is 0 Å². The molecule has 4 nitrogen and oxygen atoms in total. The molecule has 1 saturated carbocycles. The second-order valence-electron chi connectivity index (χ2n) is 5.58. The molecule has 1 heterocycles. The summed E-state index contributed by atoms with van der Waals surface area (Å²) in [4.78, 5) is 18.9. The molecule has 0 saturated heterocycles. The molecule has 0 radical (unpaired) electrons. The maximum atomic E-state index is 13.5. The highest BCUT2D eigenvalue weighted by Crippen LogP contribution is 2.43. The van der Waals surface area contributed by atoms with Crippen molar-refractivity contribution in [3.05, 3.63) is 29.3 Å². The molecular formula is C15H17FN2O2. The number of hydrogen-bond acceptors (Lipinski definition) is 2. The number of fused-ring (bicyclic) bond motifs is 1. The van der Waals surface area contributed by atoms with E-state index in [0.717, 1.165) is 44.0 Å². The zero-order chi connectivity index (χ0) is 14.3. The van der Waals surface area contributed by atoms with E-state index in [4.69, 9.17) is 0 Å². The van der Waals surface area contributed by atoms with Crippen LogP contribution < -0.4 is 0 Å². The van der Waals surface area contributed by atoms with Gasteiger partial charge in [0.15, 0.2) is 0 Å². The number of carbonyl (C=O) groups is 1. The van der Waals surface area contributed by atoms with Crippen LogP contribution >= 0.6 is 0 Å². The van der Waals surface area contributed by atoms with Gasteiger partial charge in [-0.2, -0.15) is 0 Å². The van der Waals surface area contributed by atoms with Crippen LogP contribution in [0.4, 0.5) is 4.39 Å². The second kappa shape index (κ2) is 4.58. The average molecular weight is 276 g/mol. The van der Waals surface area contributed by atoms with Crippen LogP contribution in [0.1, 0.15) is 55.2 Å². The molecular weight excluding hydrogens is 259 g/mol. The third-order valence-corrected chi connectivity index (χ3v) is 4.52. The Balaban J connectivity index is 2.20. The van der Waals surface area contributed by atoms with Crippen LogP contribution in [0.25, 0.3) is 11.0 Å². The molecule has 0 spiro atoms. The number of nitrogens with one attached hydrogen (secondary N) is 1. The van der Waals surface area contributed by atoms with Gasteiger partial charge in [-0.1, -0.05) is 19.8 Å². The highest BCUT2D eigenvalue weighted by Gasteiger charge is 2.37. The van der Waals surface area contributed by atoms with Crippen LogP contribution in [-0.4, -0.2) is 21.0 Å². The van der Waals surface area contributed by atoms with Crippen LogP contribution in [0.15, 0.2) is 12.1 Å². The Kier molecular flexibility index (Phi) is 3.00. The van der Waals surface area contributed by atoms with E-state index in [1.54, 1.807) is 0 Å². The van der Waals surface area contributed by atoms with Crippen molar-refractivity contribution < 1.29 is 14.3 Å². The predicted molar refractivity (Wildman–Crippen MR) is 73.4 cm³/mol. The summed E-state index contributed by atoms with van der Waals surface area (Å²) in [5.41, 5.74) is 0.739. The van der Waals surface area contributed by atoms with Gasteiger partial charge in [-0.05, 0) is 31.4 Å². The fourth-order valence-corrected chi connectivity index (χ4v) is 3.31. The van der Waals surface area contributed by atoms with Gasteiger partial charge in [-0.3, -0.25) is 0 Å². The molecule has 2 aromatic rings. The predicted octanol–water partition coefficient (Wildman–Crippen LogP) is 3.62. The van der Waals surface area contributed by atoms with E-state index in [2.05, 4.69) is 16.9 Å². The first kappa shape index (κ1) is 13.1. The number of aromatic amines is 1. The molecule has 1 fully saturated rings. The lowest BCUT2D eigenvalue weighted by atomic mass is 9.83. The van der Waals surface area contributed by atoms with Crippen LogP contribution in [0.2, 0.25) is 0 Å². The first-order chi connectivity index (χ1) is 9.55. The van der Waals surface area contributed by atoms with Gasteiger partial charge in [-0.15, -0.1) is 0 Å². The number of halogens is 1. The minimum absolute atomic E-state index is 0.00866. The van der Waals surface area contributed by atoms with Crippen molar-refractivity contribution in [1.82, 2.24) is 9.97 Å². The third kappa shape index (κ3) is 1.88. The third-order valence-electron chi connectivity index (χ3n) is 4.52. The van der Waals surface area contributed by atoms with E-state index in [1.807, 2.05) is 0 Å². The van der Waals surface area contributed by atoms with Crippen molar-refractivity contribution in [2.24, 2.45) is 0 Å². The van der Waals surface area contributed by atoms with Gasteiger partial charge in [0.05, 0.1) is 11.1 Å². The van der Waals surface area contributed by atoms with Crippen LogP contribution in [0, 0.1) is 5.82 Å². The standard InChI is InChI=1S/C15H17FN2O2/c1-2-15(5-3-4-6-15)14-17-11-8-9(16)7-10(13(19)20)12(11)18-14/h7-8H,2-6H2,1H3,(H,17,18)(H,19,20). The number of imidazole rings is 1. The smallest absolute Gasteiger partial charge is 0.338 e. The number of aromatic nitrogens is 2.